The molecule has 108 valence electrons. The van der Waals surface area contributed by atoms with E-state index in [1.165, 1.54) is 12.1 Å². The molecule has 0 bridgehead atoms. The van der Waals surface area contributed by atoms with Crippen molar-refractivity contribution in [3.05, 3.63) is 34.4 Å². The van der Waals surface area contributed by atoms with Crippen LogP contribution < -0.4 is 10.6 Å². The van der Waals surface area contributed by atoms with Crippen LogP contribution in [0.5, 0.6) is 0 Å². The van der Waals surface area contributed by atoms with E-state index in [2.05, 4.69) is 15.5 Å². The van der Waals surface area contributed by atoms with Gasteiger partial charge in [0.25, 0.3) is 5.69 Å². The summed E-state index contributed by atoms with van der Waals surface area (Å²) in [6.45, 7) is 3.98. The van der Waals surface area contributed by atoms with Crippen LogP contribution in [0, 0.1) is 10.1 Å². The van der Waals surface area contributed by atoms with Gasteiger partial charge in [0.2, 0.25) is 5.91 Å². The van der Waals surface area contributed by atoms with Crippen LogP contribution in [0.4, 0.5) is 11.4 Å². The van der Waals surface area contributed by atoms with Gasteiger partial charge in [-0.25, -0.2) is 0 Å². The second-order valence-corrected chi connectivity index (χ2v) is 4.73. The van der Waals surface area contributed by atoms with Crippen LogP contribution in [0.3, 0.4) is 0 Å². The Labute approximate surface area is 117 Å². The Morgan fingerprint density at radius 3 is 2.75 bits per heavy atom. The Balaban J connectivity index is 1.85. The zero-order valence-electron chi connectivity index (χ0n) is 11.2. The summed E-state index contributed by atoms with van der Waals surface area (Å²) in [5.74, 6) is -0.0965. The minimum absolute atomic E-state index is 0.0154. The molecule has 0 unspecified atom stereocenters. The van der Waals surface area contributed by atoms with Crippen molar-refractivity contribution in [3.8, 4) is 0 Å². The van der Waals surface area contributed by atoms with Crippen LogP contribution in [0.15, 0.2) is 24.3 Å². The van der Waals surface area contributed by atoms with E-state index < -0.39 is 4.92 Å². The lowest BCUT2D eigenvalue weighted by Gasteiger charge is -2.18. The predicted molar refractivity (Wildman–Crippen MR) is 75.7 cm³/mol. The molecule has 1 aliphatic rings. The quantitative estimate of drug-likeness (QED) is 0.629. The highest BCUT2D eigenvalue weighted by atomic mass is 16.6. The molecule has 1 fully saturated rings. The second kappa shape index (κ2) is 6.97. The van der Waals surface area contributed by atoms with E-state index in [9.17, 15) is 14.9 Å². The van der Waals surface area contributed by atoms with Crippen LogP contribution in [-0.2, 0) is 4.79 Å². The van der Waals surface area contributed by atoms with Crippen LogP contribution in [0.1, 0.15) is 6.42 Å². The van der Waals surface area contributed by atoms with Crippen molar-refractivity contribution in [2.75, 3.05) is 38.0 Å². The van der Waals surface area contributed by atoms with Gasteiger partial charge in [-0.05, 0) is 31.6 Å². The number of nitro benzene ring substituents is 1. The molecular weight excluding hydrogens is 260 g/mol. The molecule has 2 N–H and O–H groups in total. The highest BCUT2D eigenvalue weighted by Gasteiger charge is 2.13. The molecule has 0 saturated carbocycles. The molecule has 1 heterocycles. The van der Waals surface area contributed by atoms with E-state index in [0.717, 1.165) is 32.6 Å². The Bertz CT molecular complexity index is 467. The molecule has 1 aromatic rings. The number of carbonyl (C=O) groups excluding carboxylic acids is 1. The van der Waals surface area contributed by atoms with Gasteiger partial charge in [-0.1, -0.05) is 0 Å². The normalized spacial score (nSPS) is 16.4. The third-order valence-corrected chi connectivity index (χ3v) is 3.16. The lowest BCUT2D eigenvalue weighted by Crippen LogP contribution is -2.35. The van der Waals surface area contributed by atoms with E-state index in [0.29, 0.717) is 12.2 Å². The van der Waals surface area contributed by atoms with Crippen molar-refractivity contribution >= 4 is 17.3 Å². The summed E-state index contributed by atoms with van der Waals surface area (Å²) in [6.07, 6.45) is 1.03. The molecule has 1 saturated heterocycles. The van der Waals surface area contributed by atoms with Gasteiger partial charge in [0.15, 0.2) is 0 Å². The fourth-order valence-corrected chi connectivity index (χ4v) is 2.13. The minimum Gasteiger partial charge on any atom is -0.325 e. The molecule has 1 aliphatic heterocycles. The van der Waals surface area contributed by atoms with Crippen LogP contribution in [0.2, 0.25) is 0 Å². The van der Waals surface area contributed by atoms with Gasteiger partial charge in [0.05, 0.1) is 11.5 Å². The maximum atomic E-state index is 11.9. The molecule has 7 nitrogen and oxygen atoms in total. The Morgan fingerprint density at radius 1 is 1.30 bits per heavy atom. The monoisotopic (exact) mass is 278 g/mol. The Morgan fingerprint density at radius 2 is 2.05 bits per heavy atom. The van der Waals surface area contributed by atoms with Gasteiger partial charge in [-0.15, -0.1) is 0 Å². The number of nitrogens with one attached hydrogen (secondary N) is 2. The van der Waals surface area contributed by atoms with E-state index >= 15 is 0 Å². The van der Waals surface area contributed by atoms with Gasteiger partial charge in [0, 0.05) is 30.9 Å². The standard InChI is InChI=1S/C13H18N4O3/c18-13(10-16-8-1-6-14-7-9-16)15-11-2-4-12(5-3-11)17(19)20/h2-5,14H,1,6-10H2,(H,15,18). The number of anilines is 1. The van der Waals surface area contributed by atoms with E-state index in [1.54, 1.807) is 12.1 Å². The van der Waals surface area contributed by atoms with Crippen molar-refractivity contribution in [1.82, 2.24) is 10.2 Å². The first-order valence-electron chi connectivity index (χ1n) is 6.62. The van der Waals surface area contributed by atoms with Crippen LogP contribution in [-0.4, -0.2) is 48.5 Å². The highest BCUT2D eigenvalue weighted by molar-refractivity contribution is 5.92. The summed E-state index contributed by atoms with van der Waals surface area (Å²) < 4.78 is 0. The van der Waals surface area contributed by atoms with E-state index in [4.69, 9.17) is 0 Å². The molecule has 0 radical (unpaired) electrons. The zero-order chi connectivity index (χ0) is 14.4. The van der Waals surface area contributed by atoms with Gasteiger partial charge in [-0.2, -0.15) is 0 Å². The Kier molecular flexibility index (Phi) is 5.03. The summed E-state index contributed by atoms with van der Waals surface area (Å²) in [7, 11) is 0. The van der Waals surface area contributed by atoms with E-state index in [1.807, 2.05) is 0 Å². The number of rotatable bonds is 4. The Hall–Kier alpha value is -1.99. The molecule has 1 amide bonds. The van der Waals surface area contributed by atoms with Gasteiger partial charge < -0.3 is 10.6 Å². The molecule has 1 aromatic carbocycles. The number of carbonyl (C=O) groups is 1. The number of hydrogen-bond donors (Lipinski definition) is 2. The summed E-state index contributed by atoms with van der Waals surface area (Å²) >= 11 is 0. The van der Waals surface area contributed by atoms with Gasteiger partial charge in [0.1, 0.15) is 0 Å². The molecule has 0 atom stereocenters. The van der Waals surface area contributed by atoms with E-state index in [-0.39, 0.29) is 11.6 Å². The first-order valence-corrected chi connectivity index (χ1v) is 6.62. The summed E-state index contributed by atoms with van der Waals surface area (Å²) in [6, 6.07) is 5.84. The number of hydrogen-bond acceptors (Lipinski definition) is 5. The van der Waals surface area contributed by atoms with Crippen molar-refractivity contribution in [3.63, 3.8) is 0 Å². The first kappa shape index (κ1) is 14.4. The molecule has 7 heteroatoms. The number of non-ortho nitro benzene ring substituents is 1. The third kappa shape index (κ3) is 4.29. The molecule has 0 aromatic heterocycles. The average molecular weight is 278 g/mol. The maximum absolute atomic E-state index is 11.9. The van der Waals surface area contributed by atoms with Crippen LogP contribution >= 0.6 is 0 Å². The lowest BCUT2D eigenvalue weighted by atomic mass is 10.3. The minimum atomic E-state index is -0.462. The van der Waals surface area contributed by atoms with Crippen molar-refractivity contribution in [1.29, 1.82) is 0 Å². The first-order chi connectivity index (χ1) is 9.65. The maximum Gasteiger partial charge on any atom is 0.269 e. The average Bonchev–Trinajstić information content (AvgIpc) is 2.68. The number of nitrogens with zero attached hydrogens (tertiary/aromatic N) is 2. The SMILES string of the molecule is O=C(CN1CCCNCC1)Nc1ccc([N+](=O)[O-])cc1. The van der Waals surface area contributed by atoms with Gasteiger partial charge in [-0.3, -0.25) is 19.8 Å². The summed E-state index contributed by atoms with van der Waals surface area (Å²) in [5, 5.41) is 16.6. The third-order valence-electron chi connectivity index (χ3n) is 3.16. The number of amides is 1. The van der Waals surface area contributed by atoms with Crippen molar-refractivity contribution < 1.29 is 9.72 Å². The molecule has 0 spiro atoms. The predicted octanol–water partition coefficient (Wildman–Crippen LogP) is 0.829. The molecule has 20 heavy (non-hydrogen) atoms. The largest absolute Gasteiger partial charge is 0.325 e. The smallest absolute Gasteiger partial charge is 0.269 e. The van der Waals surface area contributed by atoms with Gasteiger partial charge >= 0.3 is 0 Å². The fraction of sp³-hybridized carbons (Fsp3) is 0.462. The van der Waals surface area contributed by atoms with Crippen LogP contribution in [0.25, 0.3) is 0 Å². The fourth-order valence-electron chi connectivity index (χ4n) is 2.13. The van der Waals surface area contributed by atoms with Crippen molar-refractivity contribution in [2.24, 2.45) is 0 Å². The number of nitro groups is 1. The van der Waals surface area contributed by atoms with Crippen molar-refractivity contribution in [2.45, 2.75) is 6.42 Å². The molecule has 0 aliphatic carbocycles. The second-order valence-electron chi connectivity index (χ2n) is 4.73. The highest BCUT2D eigenvalue weighted by Crippen LogP contribution is 2.15. The topological polar surface area (TPSA) is 87.5 Å². The summed E-state index contributed by atoms with van der Waals surface area (Å²) in [4.78, 5) is 24.1. The lowest BCUT2D eigenvalue weighted by molar-refractivity contribution is -0.384. The summed E-state index contributed by atoms with van der Waals surface area (Å²) in [5.41, 5.74) is 0.593. The zero-order valence-corrected chi connectivity index (χ0v) is 11.2. The number of benzene rings is 1. The molecule has 2 rings (SSSR count). The molecular formula is C13H18N4O3.